The molecule has 2 bridgehead atoms. The minimum atomic E-state index is -0.703. The lowest BCUT2D eigenvalue weighted by Crippen LogP contribution is -2.44. The Balaban J connectivity index is 1.43. The van der Waals surface area contributed by atoms with Crippen molar-refractivity contribution in [3.63, 3.8) is 0 Å². The zero-order chi connectivity index (χ0) is 21.3. The monoisotopic (exact) mass is 413 g/mol. The molecule has 2 fully saturated rings. The predicted molar refractivity (Wildman–Crippen MR) is 114 cm³/mol. The molecular formula is C23H31N3O4. The summed E-state index contributed by atoms with van der Waals surface area (Å²) >= 11 is 0. The molecule has 1 spiro atoms. The van der Waals surface area contributed by atoms with Gasteiger partial charge in [0.25, 0.3) is 0 Å². The quantitative estimate of drug-likeness (QED) is 0.494. The Morgan fingerprint density at radius 3 is 2.70 bits per heavy atom. The van der Waals surface area contributed by atoms with Crippen molar-refractivity contribution in [2.24, 2.45) is 11.8 Å². The number of methoxy groups -OCH3 is 1. The molecule has 0 saturated carbocycles. The van der Waals surface area contributed by atoms with Gasteiger partial charge in [-0.05, 0) is 50.3 Å². The number of amides is 2. The average Bonchev–Trinajstić information content (AvgIpc) is 3.42. The van der Waals surface area contributed by atoms with Crippen LogP contribution < -0.4 is 15.0 Å². The number of nitrogens with zero attached hydrogens (tertiary/aromatic N) is 2. The summed E-state index contributed by atoms with van der Waals surface area (Å²) < 4.78 is 11.4. The van der Waals surface area contributed by atoms with E-state index >= 15 is 0 Å². The van der Waals surface area contributed by atoms with Gasteiger partial charge in [-0.25, -0.2) is 0 Å². The number of carbonyl (C=O) groups excluding carboxylic acids is 2. The molecule has 4 rings (SSSR count). The van der Waals surface area contributed by atoms with Crippen LogP contribution in [0.3, 0.4) is 0 Å². The van der Waals surface area contributed by atoms with Gasteiger partial charge in [-0.1, -0.05) is 26.0 Å². The SMILES string of the molecule is CCN(CC)CCCNC(=O)C1C2C=CC3(CN(c4ccc(OC)cc4)C(=O)C13)O2. The second kappa shape index (κ2) is 8.40. The molecule has 7 nitrogen and oxygen atoms in total. The maximum Gasteiger partial charge on any atom is 0.234 e. The number of nitrogens with one attached hydrogen (secondary N) is 1. The van der Waals surface area contributed by atoms with Crippen LogP contribution in [0.4, 0.5) is 5.69 Å². The molecule has 2 saturated heterocycles. The van der Waals surface area contributed by atoms with Crippen molar-refractivity contribution in [2.75, 3.05) is 44.7 Å². The topological polar surface area (TPSA) is 71.1 Å². The van der Waals surface area contributed by atoms with Gasteiger partial charge in [-0.2, -0.15) is 0 Å². The van der Waals surface area contributed by atoms with E-state index in [9.17, 15) is 9.59 Å². The van der Waals surface area contributed by atoms with E-state index in [4.69, 9.17) is 9.47 Å². The predicted octanol–water partition coefficient (Wildman–Crippen LogP) is 1.83. The summed E-state index contributed by atoms with van der Waals surface area (Å²) in [5, 5.41) is 3.05. The Bertz CT molecular complexity index is 820. The van der Waals surface area contributed by atoms with Gasteiger partial charge in [0.05, 0.1) is 31.6 Å². The van der Waals surface area contributed by atoms with Crippen LogP contribution in [0.1, 0.15) is 20.3 Å². The van der Waals surface area contributed by atoms with Gasteiger partial charge in [0, 0.05) is 12.2 Å². The molecule has 1 aromatic rings. The number of ether oxygens (including phenoxy) is 2. The van der Waals surface area contributed by atoms with Gasteiger partial charge in [0.2, 0.25) is 11.8 Å². The van der Waals surface area contributed by atoms with Crippen molar-refractivity contribution in [1.29, 1.82) is 0 Å². The third kappa shape index (κ3) is 3.50. The molecule has 3 aliphatic heterocycles. The second-order valence-electron chi connectivity index (χ2n) is 8.19. The Morgan fingerprint density at radius 2 is 2.03 bits per heavy atom. The minimum Gasteiger partial charge on any atom is -0.497 e. The van der Waals surface area contributed by atoms with Crippen molar-refractivity contribution >= 4 is 17.5 Å². The van der Waals surface area contributed by atoms with Crippen molar-refractivity contribution in [1.82, 2.24) is 10.2 Å². The van der Waals surface area contributed by atoms with E-state index < -0.39 is 17.4 Å². The Morgan fingerprint density at radius 1 is 1.30 bits per heavy atom. The first-order chi connectivity index (χ1) is 14.5. The summed E-state index contributed by atoms with van der Waals surface area (Å²) in [5.41, 5.74) is 0.0914. The van der Waals surface area contributed by atoms with Gasteiger partial charge in [0.15, 0.2) is 0 Å². The molecule has 1 N–H and O–H groups in total. The average molecular weight is 414 g/mol. The number of anilines is 1. The van der Waals surface area contributed by atoms with E-state index in [2.05, 4.69) is 24.1 Å². The van der Waals surface area contributed by atoms with Gasteiger partial charge >= 0.3 is 0 Å². The Labute approximate surface area is 178 Å². The van der Waals surface area contributed by atoms with Crippen molar-refractivity contribution in [3.8, 4) is 5.75 Å². The Hall–Kier alpha value is -2.38. The van der Waals surface area contributed by atoms with Crippen LogP contribution in [0, 0.1) is 11.8 Å². The molecule has 0 aromatic heterocycles. The van der Waals surface area contributed by atoms with Crippen molar-refractivity contribution in [2.45, 2.75) is 32.0 Å². The van der Waals surface area contributed by atoms with Crippen LogP contribution in [0.25, 0.3) is 0 Å². The van der Waals surface area contributed by atoms with Crippen LogP contribution in [0.5, 0.6) is 5.75 Å². The lowest BCUT2D eigenvalue weighted by molar-refractivity contribution is -0.131. The highest BCUT2D eigenvalue weighted by Crippen LogP contribution is 2.52. The third-order valence-electron chi connectivity index (χ3n) is 6.63. The first-order valence-electron chi connectivity index (χ1n) is 10.9. The summed E-state index contributed by atoms with van der Waals surface area (Å²) in [6.45, 7) is 8.29. The molecule has 2 amide bonds. The third-order valence-corrected chi connectivity index (χ3v) is 6.63. The van der Waals surface area contributed by atoms with Crippen LogP contribution >= 0.6 is 0 Å². The molecular weight excluding hydrogens is 382 g/mol. The molecule has 30 heavy (non-hydrogen) atoms. The molecule has 3 heterocycles. The van der Waals surface area contributed by atoms with Crippen LogP contribution in [0.2, 0.25) is 0 Å². The minimum absolute atomic E-state index is 0.0460. The fourth-order valence-corrected chi connectivity index (χ4v) is 4.95. The maximum absolute atomic E-state index is 13.3. The zero-order valence-electron chi connectivity index (χ0n) is 18.0. The van der Waals surface area contributed by atoms with Crippen LogP contribution in [-0.2, 0) is 14.3 Å². The van der Waals surface area contributed by atoms with Gasteiger partial charge < -0.3 is 24.6 Å². The van der Waals surface area contributed by atoms with E-state index in [1.54, 1.807) is 12.0 Å². The number of fused-ring (bicyclic) bond motifs is 1. The number of rotatable bonds is 9. The van der Waals surface area contributed by atoms with Gasteiger partial charge in [-0.3, -0.25) is 9.59 Å². The summed E-state index contributed by atoms with van der Waals surface area (Å²) in [4.78, 5) is 30.4. The summed E-state index contributed by atoms with van der Waals surface area (Å²) in [6.07, 6.45) is 4.50. The lowest BCUT2D eigenvalue weighted by Gasteiger charge is -2.24. The molecule has 4 unspecified atom stereocenters. The lowest BCUT2D eigenvalue weighted by atomic mass is 9.77. The normalized spacial score (nSPS) is 29.0. The standard InChI is InChI=1S/C23H31N3O4/c1-4-25(5-2)14-6-13-24-21(27)19-18-11-12-23(30-18)15-26(22(28)20(19)23)16-7-9-17(29-3)10-8-16/h7-12,18-20H,4-6,13-15H2,1-3H3,(H,24,27). The summed E-state index contributed by atoms with van der Waals surface area (Å²) in [6, 6.07) is 7.41. The smallest absolute Gasteiger partial charge is 0.234 e. The molecule has 0 aliphatic carbocycles. The highest BCUT2D eigenvalue weighted by atomic mass is 16.5. The summed E-state index contributed by atoms with van der Waals surface area (Å²) in [5.74, 6) is -0.338. The van der Waals surface area contributed by atoms with Gasteiger partial charge in [-0.15, -0.1) is 0 Å². The summed E-state index contributed by atoms with van der Waals surface area (Å²) in [7, 11) is 1.61. The highest BCUT2D eigenvalue weighted by molar-refractivity contribution is 6.03. The van der Waals surface area contributed by atoms with E-state index in [1.165, 1.54) is 0 Å². The van der Waals surface area contributed by atoms with Gasteiger partial charge in [0.1, 0.15) is 11.4 Å². The van der Waals surface area contributed by atoms with E-state index in [-0.39, 0.29) is 17.9 Å². The fourth-order valence-electron chi connectivity index (χ4n) is 4.95. The van der Waals surface area contributed by atoms with Crippen molar-refractivity contribution < 1.29 is 19.1 Å². The van der Waals surface area contributed by atoms with E-state index in [1.807, 2.05) is 36.4 Å². The van der Waals surface area contributed by atoms with Crippen LogP contribution in [-0.4, -0.2) is 68.3 Å². The fraction of sp³-hybridized carbons (Fsp3) is 0.565. The Kier molecular flexibility index (Phi) is 5.84. The number of hydrogen-bond donors (Lipinski definition) is 1. The first-order valence-corrected chi connectivity index (χ1v) is 10.9. The van der Waals surface area contributed by atoms with Crippen LogP contribution in [0.15, 0.2) is 36.4 Å². The zero-order valence-corrected chi connectivity index (χ0v) is 18.0. The molecule has 1 aromatic carbocycles. The molecule has 7 heteroatoms. The number of carbonyl (C=O) groups is 2. The largest absolute Gasteiger partial charge is 0.497 e. The molecule has 3 aliphatic rings. The highest BCUT2D eigenvalue weighted by Gasteiger charge is 2.67. The number of benzene rings is 1. The molecule has 4 atom stereocenters. The maximum atomic E-state index is 13.3. The van der Waals surface area contributed by atoms with E-state index in [0.717, 1.165) is 37.5 Å². The van der Waals surface area contributed by atoms with E-state index in [0.29, 0.717) is 13.1 Å². The first kappa shape index (κ1) is 20.9. The second-order valence-corrected chi connectivity index (χ2v) is 8.19. The number of hydrogen-bond acceptors (Lipinski definition) is 5. The molecule has 0 radical (unpaired) electrons. The molecule has 162 valence electrons. The van der Waals surface area contributed by atoms with Crippen molar-refractivity contribution in [3.05, 3.63) is 36.4 Å².